The van der Waals surface area contributed by atoms with E-state index in [4.69, 9.17) is 0 Å². The third-order valence-corrected chi connectivity index (χ3v) is 2.95. The second-order valence-corrected chi connectivity index (χ2v) is 4.36. The fourth-order valence-corrected chi connectivity index (χ4v) is 2.03. The molecule has 1 unspecified atom stereocenters. The minimum atomic E-state index is -0.648. The van der Waals surface area contributed by atoms with E-state index in [2.05, 4.69) is 12.3 Å². The fourth-order valence-electron chi connectivity index (χ4n) is 2.03. The predicted molar refractivity (Wildman–Crippen MR) is 57.5 cm³/mol. The highest BCUT2D eigenvalue weighted by atomic mass is 16.3. The van der Waals surface area contributed by atoms with Crippen LogP contribution >= 0.6 is 0 Å². The summed E-state index contributed by atoms with van der Waals surface area (Å²) in [4.78, 5) is 0. The molecule has 1 nitrogen and oxygen atoms in total. The van der Waals surface area contributed by atoms with Crippen LogP contribution in [0.2, 0.25) is 0 Å². The summed E-state index contributed by atoms with van der Waals surface area (Å²) in [6.07, 6.45) is 1.85. The van der Waals surface area contributed by atoms with E-state index in [-0.39, 0.29) is 17.8 Å². The molecular formula is C12H22O. The van der Waals surface area contributed by atoms with Crippen molar-refractivity contribution in [1.29, 1.82) is 0 Å². The lowest BCUT2D eigenvalue weighted by Crippen LogP contribution is -2.45. The van der Waals surface area contributed by atoms with Crippen molar-refractivity contribution in [3.05, 3.63) is 18.4 Å². The molecule has 1 atom stereocenters. The highest BCUT2D eigenvalue weighted by molar-refractivity contribution is 4.99. The zero-order valence-corrected chi connectivity index (χ0v) is 9.46. The zero-order valence-electron chi connectivity index (χ0n) is 9.46. The summed E-state index contributed by atoms with van der Waals surface area (Å²) in [6, 6.07) is 0. The van der Waals surface area contributed by atoms with Gasteiger partial charge in [0, 0.05) is 5.92 Å². The lowest BCUT2D eigenvalue weighted by Gasteiger charge is -2.40. The van der Waals surface area contributed by atoms with Gasteiger partial charge in [-0.1, -0.05) is 41.2 Å². The Morgan fingerprint density at radius 3 is 1.77 bits per heavy atom. The molecule has 0 bridgehead atoms. The summed E-state index contributed by atoms with van der Waals surface area (Å²) in [6.45, 7) is 13.7. The monoisotopic (exact) mass is 182 g/mol. The van der Waals surface area contributed by atoms with E-state index in [1.807, 2.05) is 40.7 Å². The lowest BCUT2D eigenvalue weighted by molar-refractivity contribution is -0.0761. The average Bonchev–Trinajstić information content (AvgIpc) is 2.02. The summed E-state index contributed by atoms with van der Waals surface area (Å²) in [5.41, 5.74) is 2.10. The van der Waals surface area contributed by atoms with Gasteiger partial charge >= 0.3 is 0 Å². The Bertz CT molecular complexity index is 189. The van der Waals surface area contributed by atoms with Gasteiger partial charge in [-0.3, -0.25) is 0 Å². The Balaban J connectivity index is 4.88. The van der Waals surface area contributed by atoms with Crippen molar-refractivity contribution in [1.82, 2.24) is 0 Å². The standard InChI is InChI=1S/C12H22O/c1-7-8-11(6)12(13,9(2)3)10(4)5/h8-11,13H,1H2,2-6H3. The number of aliphatic hydroxyl groups is 1. The van der Waals surface area contributed by atoms with Crippen molar-refractivity contribution in [2.75, 3.05) is 0 Å². The molecule has 0 aromatic carbocycles. The molecule has 0 heterocycles. The van der Waals surface area contributed by atoms with E-state index in [1.165, 1.54) is 0 Å². The largest absolute Gasteiger partial charge is 0.389 e. The fraction of sp³-hybridized carbons (Fsp3) is 0.750. The summed E-state index contributed by atoms with van der Waals surface area (Å²) < 4.78 is 0. The Morgan fingerprint density at radius 1 is 1.15 bits per heavy atom. The Morgan fingerprint density at radius 2 is 1.54 bits per heavy atom. The number of hydrogen-bond donors (Lipinski definition) is 1. The summed E-state index contributed by atoms with van der Waals surface area (Å²) in [5, 5.41) is 10.5. The van der Waals surface area contributed by atoms with Gasteiger partial charge in [-0.2, -0.15) is 0 Å². The first kappa shape index (κ1) is 12.5. The van der Waals surface area contributed by atoms with Crippen LogP contribution in [0.15, 0.2) is 18.4 Å². The van der Waals surface area contributed by atoms with Crippen LogP contribution in [0, 0.1) is 17.8 Å². The first-order valence-electron chi connectivity index (χ1n) is 4.95. The van der Waals surface area contributed by atoms with Crippen LogP contribution in [0.25, 0.3) is 0 Å². The zero-order chi connectivity index (χ0) is 10.6. The van der Waals surface area contributed by atoms with Gasteiger partial charge in [0.1, 0.15) is 0 Å². The molecule has 0 spiro atoms. The highest BCUT2D eigenvalue weighted by Gasteiger charge is 2.38. The topological polar surface area (TPSA) is 20.2 Å². The SMILES string of the molecule is C=C=CC(C)C(O)(C(C)C)C(C)C. The molecular weight excluding hydrogens is 160 g/mol. The molecule has 0 amide bonds. The molecule has 0 aliphatic rings. The van der Waals surface area contributed by atoms with Crippen molar-refractivity contribution in [3.8, 4) is 0 Å². The second kappa shape index (κ2) is 4.64. The first-order chi connectivity index (χ1) is 5.87. The molecule has 0 saturated heterocycles. The molecule has 0 rings (SSSR count). The van der Waals surface area contributed by atoms with Crippen molar-refractivity contribution < 1.29 is 5.11 Å². The molecule has 0 saturated carbocycles. The van der Waals surface area contributed by atoms with Gasteiger partial charge in [0.05, 0.1) is 5.60 Å². The van der Waals surface area contributed by atoms with E-state index >= 15 is 0 Å². The third kappa shape index (κ3) is 2.46. The maximum absolute atomic E-state index is 10.5. The van der Waals surface area contributed by atoms with E-state index in [0.717, 1.165) is 0 Å². The van der Waals surface area contributed by atoms with Crippen molar-refractivity contribution >= 4 is 0 Å². The van der Waals surface area contributed by atoms with Gasteiger partial charge in [-0.25, -0.2) is 0 Å². The van der Waals surface area contributed by atoms with Crippen molar-refractivity contribution in [3.63, 3.8) is 0 Å². The molecule has 0 aliphatic heterocycles. The van der Waals surface area contributed by atoms with Crippen LogP contribution < -0.4 is 0 Å². The van der Waals surface area contributed by atoms with Gasteiger partial charge in [-0.05, 0) is 17.9 Å². The number of rotatable bonds is 4. The highest BCUT2D eigenvalue weighted by Crippen LogP contribution is 2.34. The van der Waals surface area contributed by atoms with Crippen molar-refractivity contribution in [2.45, 2.75) is 40.2 Å². The normalized spacial score (nSPS) is 14.5. The summed E-state index contributed by atoms with van der Waals surface area (Å²) in [7, 11) is 0. The van der Waals surface area contributed by atoms with Crippen LogP contribution in [0.3, 0.4) is 0 Å². The molecule has 1 heteroatoms. The van der Waals surface area contributed by atoms with Crippen LogP contribution in [-0.4, -0.2) is 10.7 Å². The second-order valence-electron chi connectivity index (χ2n) is 4.36. The minimum Gasteiger partial charge on any atom is -0.389 e. The number of hydrogen-bond acceptors (Lipinski definition) is 1. The molecule has 0 aromatic heterocycles. The average molecular weight is 182 g/mol. The summed E-state index contributed by atoms with van der Waals surface area (Å²) >= 11 is 0. The van der Waals surface area contributed by atoms with Gasteiger partial charge < -0.3 is 5.11 Å². The minimum absolute atomic E-state index is 0.102. The molecule has 0 fully saturated rings. The maximum atomic E-state index is 10.5. The molecule has 1 N–H and O–H groups in total. The van der Waals surface area contributed by atoms with Gasteiger partial charge in [0.15, 0.2) is 0 Å². The predicted octanol–water partition coefficient (Wildman–Crippen LogP) is 3.01. The maximum Gasteiger partial charge on any atom is 0.0758 e. The molecule has 0 radical (unpaired) electrons. The molecule has 76 valence electrons. The van der Waals surface area contributed by atoms with Crippen LogP contribution in [-0.2, 0) is 0 Å². The molecule has 0 aromatic rings. The van der Waals surface area contributed by atoms with Gasteiger partial charge in [0.2, 0.25) is 0 Å². The van der Waals surface area contributed by atoms with Crippen LogP contribution in [0.1, 0.15) is 34.6 Å². The van der Waals surface area contributed by atoms with Crippen LogP contribution in [0.5, 0.6) is 0 Å². The Kier molecular flexibility index (Phi) is 4.46. The Labute approximate surface area is 82.2 Å². The summed E-state index contributed by atoms with van der Waals surface area (Å²) in [5.74, 6) is 0.587. The first-order valence-corrected chi connectivity index (χ1v) is 4.95. The van der Waals surface area contributed by atoms with E-state index < -0.39 is 5.60 Å². The third-order valence-electron chi connectivity index (χ3n) is 2.95. The van der Waals surface area contributed by atoms with Crippen molar-refractivity contribution in [2.24, 2.45) is 17.8 Å². The van der Waals surface area contributed by atoms with Gasteiger partial charge in [0.25, 0.3) is 0 Å². The van der Waals surface area contributed by atoms with Gasteiger partial charge in [-0.15, -0.1) is 5.73 Å². The van der Waals surface area contributed by atoms with E-state index in [1.54, 1.807) is 0 Å². The quantitative estimate of drug-likeness (QED) is 0.663. The smallest absolute Gasteiger partial charge is 0.0758 e. The molecule has 13 heavy (non-hydrogen) atoms. The van der Waals surface area contributed by atoms with E-state index in [0.29, 0.717) is 0 Å². The lowest BCUT2D eigenvalue weighted by atomic mass is 9.72. The molecule has 0 aliphatic carbocycles. The Hall–Kier alpha value is -0.520. The van der Waals surface area contributed by atoms with E-state index in [9.17, 15) is 5.11 Å². The van der Waals surface area contributed by atoms with Crippen LogP contribution in [0.4, 0.5) is 0 Å².